The van der Waals surface area contributed by atoms with Crippen molar-refractivity contribution in [3.05, 3.63) is 0 Å². The number of piperidine rings is 1. The van der Waals surface area contributed by atoms with Crippen LogP contribution in [-0.2, 0) is 4.79 Å². The van der Waals surface area contributed by atoms with Gasteiger partial charge in [-0.3, -0.25) is 4.79 Å². The molecule has 0 saturated carbocycles. The van der Waals surface area contributed by atoms with E-state index in [1.807, 2.05) is 4.90 Å². The summed E-state index contributed by atoms with van der Waals surface area (Å²) >= 11 is 0. The Morgan fingerprint density at radius 1 is 1.10 bits per heavy atom. The molecule has 21 heavy (non-hydrogen) atoms. The Morgan fingerprint density at radius 3 is 2.29 bits per heavy atom. The van der Waals surface area contributed by atoms with Crippen LogP contribution in [0.1, 0.15) is 26.2 Å². The minimum Gasteiger partial charge on any atom is -0.341 e. The van der Waals surface area contributed by atoms with Crippen LogP contribution >= 0.6 is 24.8 Å². The molecule has 2 saturated heterocycles. The van der Waals surface area contributed by atoms with Crippen molar-refractivity contribution in [2.24, 2.45) is 5.73 Å². The lowest BCUT2D eigenvalue weighted by molar-refractivity contribution is -0.132. The summed E-state index contributed by atoms with van der Waals surface area (Å²) in [6.45, 7) is 10.4. The van der Waals surface area contributed by atoms with Crippen LogP contribution in [-0.4, -0.2) is 79.0 Å². The van der Waals surface area contributed by atoms with Gasteiger partial charge in [-0.1, -0.05) is 6.92 Å². The predicted octanol–water partition coefficient (Wildman–Crippen LogP) is 0.807. The average molecular weight is 341 g/mol. The number of likely N-dealkylation sites (tertiary alicyclic amines) is 1. The zero-order valence-electron chi connectivity index (χ0n) is 13.0. The second kappa shape index (κ2) is 10.6. The first-order valence-electron chi connectivity index (χ1n) is 7.67. The van der Waals surface area contributed by atoms with Crippen molar-refractivity contribution in [2.75, 3.05) is 52.4 Å². The number of carbonyl (C=O) groups is 1. The number of hydrogen-bond acceptors (Lipinski definition) is 4. The molecule has 126 valence electrons. The summed E-state index contributed by atoms with van der Waals surface area (Å²) in [6.07, 6.45) is 2.77. The highest BCUT2D eigenvalue weighted by Gasteiger charge is 2.22. The highest BCUT2D eigenvalue weighted by molar-refractivity contribution is 5.85. The summed E-state index contributed by atoms with van der Waals surface area (Å²) in [5.74, 6) is 0.285. The van der Waals surface area contributed by atoms with Gasteiger partial charge in [0.1, 0.15) is 0 Å². The monoisotopic (exact) mass is 340 g/mol. The lowest BCUT2D eigenvalue weighted by Crippen LogP contribution is -2.48. The number of amides is 1. The van der Waals surface area contributed by atoms with E-state index in [9.17, 15) is 4.79 Å². The maximum Gasteiger partial charge on any atom is 0.223 e. The lowest BCUT2D eigenvalue weighted by Gasteiger charge is -2.35. The highest BCUT2D eigenvalue weighted by atomic mass is 35.5. The van der Waals surface area contributed by atoms with E-state index in [4.69, 9.17) is 5.73 Å². The first kappa shape index (κ1) is 20.9. The molecule has 2 fully saturated rings. The van der Waals surface area contributed by atoms with Gasteiger partial charge in [0.2, 0.25) is 5.91 Å². The van der Waals surface area contributed by atoms with E-state index in [1.165, 1.54) is 0 Å². The third-order valence-electron chi connectivity index (χ3n) is 4.36. The topological polar surface area (TPSA) is 52.8 Å². The Bertz CT molecular complexity index is 299. The molecule has 1 amide bonds. The second-order valence-corrected chi connectivity index (χ2v) is 5.77. The van der Waals surface area contributed by atoms with Gasteiger partial charge in [-0.25, -0.2) is 0 Å². The quantitative estimate of drug-likeness (QED) is 0.822. The van der Waals surface area contributed by atoms with Crippen molar-refractivity contribution < 1.29 is 4.79 Å². The van der Waals surface area contributed by atoms with Crippen LogP contribution in [0.4, 0.5) is 0 Å². The molecule has 1 atom stereocenters. The van der Waals surface area contributed by atoms with Crippen LogP contribution in [0.2, 0.25) is 0 Å². The highest BCUT2D eigenvalue weighted by Crippen LogP contribution is 2.10. The Balaban J connectivity index is 0.00000200. The van der Waals surface area contributed by atoms with E-state index < -0.39 is 0 Å². The average Bonchev–Trinajstić information content (AvgIpc) is 2.45. The predicted molar refractivity (Wildman–Crippen MR) is 91.5 cm³/mol. The number of likely N-dealkylation sites (N-methyl/N-ethyl adjacent to an activating group) is 1. The number of hydrogen-bond donors (Lipinski definition) is 1. The third kappa shape index (κ3) is 6.70. The normalized spacial score (nSPS) is 24.1. The van der Waals surface area contributed by atoms with Gasteiger partial charge in [0.05, 0.1) is 0 Å². The number of nitrogens with zero attached hydrogens (tertiary/aromatic N) is 3. The summed E-state index contributed by atoms with van der Waals surface area (Å²) in [7, 11) is 0. The Morgan fingerprint density at radius 2 is 1.71 bits per heavy atom. The fourth-order valence-electron chi connectivity index (χ4n) is 2.98. The van der Waals surface area contributed by atoms with Gasteiger partial charge in [0.25, 0.3) is 0 Å². The van der Waals surface area contributed by atoms with Gasteiger partial charge in [-0.2, -0.15) is 0 Å². The Kier molecular flexibility index (Phi) is 10.6. The molecule has 5 nitrogen and oxygen atoms in total. The molecule has 1 unspecified atom stereocenters. The summed E-state index contributed by atoms with van der Waals surface area (Å²) in [5, 5.41) is 0. The number of piperazine rings is 1. The van der Waals surface area contributed by atoms with Crippen molar-refractivity contribution in [3.8, 4) is 0 Å². The van der Waals surface area contributed by atoms with E-state index in [-0.39, 0.29) is 36.8 Å². The van der Waals surface area contributed by atoms with E-state index in [1.54, 1.807) is 0 Å². The fourth-order valence-corrected chi connectivity index (χ4v) is 2.98. The SMILES string of the molecule is CCN1CCN(CCC(=O)N2CCCC(N)C2)CC1.Cl.Cl. The van der Waals surface area contributed by atoms with Gasteiger partial charge >= 0.3 is 0 Å². The van der Waals surface area contributed by atoms with Crippen LogP contribution in [0.5, 0.6) is 0 Å². The molecule has 2 aliphatic heterocycles. The van der Waals surface area contributed by atoms with Gasteiger partial charge in [0.15, 0.2) is 0 Å². The summed E-state index contributed by atoms with van der Waals surface area (Å²) in [6, 6.07) is 0.186. The van der Waals surface area contributed by atoms with Crippen molar-refractivity contribution in [1.82, 2.24) is 14.7 Å². The zero-order chi connectivity index (χ0) is 13.7. The molecule has 0 aromatic carbocycles. The standard InChI is InChI=1S/C14H28N4O.2ClH/c1-2-16-8-10-17(11-9-16)7-5-14(19)18-6-3-4-13(15)12-18;;/h13H,2-12,15H2,1H3;2*1H. The van der Waals surface area contributed by atoms with Crippen LogP contribution in [0.25, 0.3) is 0 Å². The van der Waals surface area contributed by atoms with Crippen molar-refractivity contribution in [1.29, 1.82) is 0 Å². The van der Waals surface area contributed by atoms with Crippen LogP contribution < -0.4 is 5.73 Å². The molecule has 0 spiro atoms. The van der Waals surface area contributed by atoms with Crippen LogP contribution in [0.15, 0.2) is 0 Å². The molecule has 2 N–H and O–H groups in total. The van der Waals surface area contributed by atoms with Crippen molar-refractivity contribution in [2.45, 2.75) is 32.2 Å². The third-order valence-corrected chi connectivity index (χ3v) is 4.36. The molecule has 0 aliphatic carbocycles. The molecule has 0 bridgehead atoms. The lowest BCUT2D eigenvalue weighted by atomic mass is 10.1. The Hall–Kier alpha value is -0.0700. The van der Waals surface area contributed by atoms with E-state index in [0.717, 1.165) is 65.2 Å². The van der Waals surface area contributed by atoms with Crippen LogP contribution in [0.3, 0.4) is 0 Å². The van der Waals surface area contributed by atoms with E-state index >= 15 is 0 Å². The second-order valence-electron chi connectivity index (χ2n) is 5.77. The number of halogens is 2. The molecule has 0 aromatic heterocycles. The summed E-state index contributed by atoms with van der Waals surface area (Å²) in [5.41, 5.74) is 5.92. The summed E-state index contributed by atoms with van der Waals surface area (Å²) in [4.78, 5) is 19.0. The molecule has 2 rings (SSSR count). The summed E-state index contributed by atoms with van der Waals surface area (Å²) < 4.78 is 0. The molecular formula is C14H30Cl2N4O. The molecular weight excluding hydrogens is 311 g/mol. The smallest absolute Gasteiger partial charge is 0.223 e. The van der Waals surface area contributed by atoms with Gasteiger partial charge < -0.3 is 20.4 Å². The van der Waals surface area contributed by atoms with E-state index in [0.29, 0.717) is 6.42 Å². The first-order chi connectivity index (χ1) is 9.19. The van der Waals surface area contributed by atoms with Crippen molar-refractivity contribution >= 4 is 30.7 Å². The number of nitrogens with two attached hydrogens (primary N) is 1. The molecule has 0 radical (unpaired) electrons. The van der Waals surface area contributed by atoms with Gasteiger partial charge in [-0.05, 0) is 19.4 Å². The minimum atomic E-state index is 0. The fraction of sp³-hybridized carbons (Fsp3) is 0.929. The zero-order valence-corrected chi connectivity index (χ0v) is 14.6. The number of carbonyl (C=O) groups excluding carboxylic acids is 1. The van der Waals surface area contributed by atoms with E-state index in [2.05, 4.69) is 16.7 Å². The molecule has 2 heterocycles. The molecule has 7 heteroatoms. The Labute approximate surface area is 141 Å². The largest absolute Gasteiger partial charge is 0.341 e. The van der Waals surface area contributed by atoms with Gasteiger partial charge in [0, 0.05) is 58.3 Å². The minimum absolute atomic E-state index is 0. The maximum absolute atomic E-state index is 12.1. The molecule has 2 aliphatic rings. The van der Waals surface area contributed by atoms with Crippen LogP contribution in [0, 0.1) is 0 Å². The molecule has 0 aromatic rings. The maximum atomic E-state index is 12.1. The van der Waals surface area contributed by atoms with Gasteiger partial charge in [-0.15, -0.1) is 24.8 Å². The number of rotatable bonds is 4. The first-order valence-corrected chi connectivity index (χ1v) is 7.67. The van der Waals surface area contributed by atoms with Crippen molar-refractivity contribution in [3.63, 3.8) is 0 Å².